The first-order valence-electron chi connectivity index (χ1n) is 7.03. The maximum Gasteiger partial charge on any atom is 0.336 e. The number of hydrogen-bond donors (Lipinski definition) is 1. The largest absolute Gasteiger partial charge is 0.493 e. The molecule has 0 radical (unpaired) electrons. The Labute approximate surface area is 137 Å². The molecule has 0 fully saturated rings. The van der Waals surface area contributed by atoms with Crippen molar-refractivity contribution >= 4 is 5.97 Å². The average Bonchev–Trinajstić information content (AvgIpc) is 3.11. The molecule has 0 amide bonds. The molecule has 2 aromatic carbocycles. The summed E-state index contributed by atoms with van der Waals surface area (Å²) in [5.74, 6) is 0.522. The predicted octanol–water partition coefficient (Wildman–Crippen LogP) is 3.12. The summed E-state index contributed by atoms with van der Waals surface area (Å²) in [7, 11) is 3.08. The molecular formula is C17H14N2O5. The molecule has 1 aromatic heterocycles. The molecule has 0 aliphatic heterocycles. The van der Waals surface area contributed by atoms with Crippen molar-refractivity contribution in [2.24, 2.45) is 0 Å². The standard InChI is InChI=1S/C17H14N2O5/c1-22-13-8-7-10(9-14(13)23-2)15-18-16(24-19-15)11-5-3-4-6-12(11)17(20)21/h3-9H,1-2H3,(H,20,21). The van der Waals surface area contributed by atoms with Gasteiger partial charge in [0.05, 0.1) is 25.3 Å². The number of benzene rings is 2. The molecule has 122 valence electrons. The first-order valence-corrected chi connectivity index (χ1v) is 7.03. The number of ether oxygens (including phenoxy) is 2. The van der Waals surface area contributed by atoms with Gasteiger partial charge in [-0.05, 0) is 30.3 Å². The number of carboxylic acid groups (broad SMARTS) is 1. The molecule has 0 aliphatic rings. The Hall–Kier alpha value is -3.35. The van der Waals surface area contributed by atoms with Gasteiger partial charge in [-0.3, -0.25) is 0 Å². The quantitative estimate of drug-likeness (QED) is 0.769. The topological polar surface area (TPSA) is 94.7 Å². The summed E-state index contributed by atoms with van der Waals surface area (Å²) in [6.45, 7) is 0. The molecule has 0 aliphatic carbocycles. The highest BCUT2D eigenvalue weighted by Gasteiger charge is 2.18. The molecular weight excluding hydrogens is 312 g/mol. The maximum absolute atomic E-state index is 11.3. The Morgan fingerprint density at radius 2 is 1.83 bits per heavy atom. The van der Waals surface area contributed by atoms with Crippen LogP contribution in [0, 0.1) is 0 Å². The van der Waals surface area contributed by atoms with Crippen LogP contribution in [0.15, 0.2) is 47.0 Å². The van der Waals surface area contributed by atoms with Crippen molar-refractivity contribution in [3.63, 3.8) is 0 Å². The fourth-order valence-corrected chi connectivity index (χ4v) is 2.28. The van der Waals surface area contributed by atoms with Crippen LogP contribution in [0.2, 0.25) is 0 Å². The van der Waals surface area contributed by atoms with Crippen LogP contribution in [0.25, 0.3) is 22.8 Å². The van der Waals surface area contributed by atoms with Crippen LogP contribution in [-0.4, -0.2) is 35.4 Å². The molecule has 1 heterocycles. The minimum absolute atomic E-state index is 0.0972. The zero-order chi connectivity index (χ0) is 17.1. The summed E-state index contributed by atoms with van der Waals surface area (Å²) in [5.41, 5.74) is 1.12. The first kappa shape index (κ1) is 15.5. The molecule has 0 spiro atoms. The molecule has 3 rings (SSSR count). The number of hydrogen-bond acceptors (Lipinski definition) is 6. The zero-order valence-electron chi connectivity index (χ0n) is 13.0. The van der Waals surface area contributed by atoms with Gasteiger partial charge in [0.25, 0.3) is 5.89 Å². The van der Waals surface area contributed by atoms with E-state index in [0.29, 0.717) is 28.5 Å². The number of rotatable bonds is 5. The van der Waals surface area contributed by atoms with Crippen LogP contribution >= 0.6 is 0 Å². The van der Waals surface area contributed by atoms with Gasteiger partial charge in [-0.2, -0.15) is 4.98 Å². The molecule has 0 atom stereocenters. The molecule has 1 N–H and O–H groups in total. The van der Waals surface area contributed by atoms with E-state index in [9.17, 15) is 9.90 Å². The predicted molar refractivity (Wildman–Crippen MR) is 85.2 cm³/mol. The summed E-state index contributed by atoms with van der Waals surface area (Å²) in [5, 5.41) is 13.2. The summed E-state index contributed by atoms with van der Waals surface area (Å²) >= 11 is 0. The van der Waals surface area contributed by atoms with Gasteiger partial charge in [0.2, 0.25) is 5.82 Å². The van der Waals surface area contributed by atoms with Crippen LogP contribution in [0.4, 0.5) is 0 Å². The van der Waals surface area contributed by atoms with Crippen molar-refractivity contribution in [3.05, 3.63) is 48.0 Å². The Bertz CT molecular complexity index is 888. The van der Waals surface area contributed by atoms with E-state index in [1.807, 2.05) is 0 Å². The van der Waals surface area contributed by atoms with Gasteiger partial charge in [-0.15, -0.1) is 0 Å². The van der Waals surface area contributed by atoms with Crippen molar-refractivity contribution in [1.82, 2.24) is 10.1 Å². The van der Waals surface area contributed by atoms with Crippen molar-refractivity contribution < 1.29 is 23.9 Å². The second kappa shape index (κ2) is 6.41. The molecule has 0 saturated carbocycles. The van der Waals surface area contributed by atoms with Crippen LogP contribution in [0.1, 0.15) is 10.4 Å². The average molecular weight is 326 g/mol. The summed E-state index contributed by atoms with van der Waals surface area (Å²) in [6, 6.07) is 11.7. The number of methoxy groups -OCH3 is 2. The zero-order valence-corrected chi connectivity index (χ0v) is 13.0. The van der Waals surface area contributed by atoms with E-state index < -0.39 is 5.97 Å². The van der Waals surface area contributed by atoms with Gasteiger partial charge in [-0.25, -0.2) is 4.79 Å². The van der Waals surface area contributed by atoms with Gasteiger partial charge in [0.1, 0.15) is 0 Å². The summed E-state index contributed by atoms with van der Waals surface area (Å²) < 4.78 is 15.7. The van der Waals surface area contributed by atoms with Gasteiger partial charge in [-0.1, -0.05) is 17.3 Å². The van der Waals surface area contributed by atoms with E-state index in [1.54, 1.807) is 43.5 Å². The summed E-state index contributed by atoms with van der Waals surface area (Å²) in [4.78, 5) is 15.6. The minimum atomic E-state index is -1.06. The smallest absolute Gasteiger partial charge is 0.336 e. The lowest BCUT2D eigenvalue weighted by Gasteiger charge is -2.07. The van der Waals surface area contributed by atoms with Gasteiger partial charge in [0, 0.05) is 5.56 Å². The molecule has 24 heavy (non-hydrogen) atoms. The molecule has 3 aromatic rings. The lowest BCUT2D eigenvalue weighted by molar-refractivity contribution is 0.0697. The van der Waals surface area contributed by atoms with Crippen LogP contribution < -0.4 is 9.47 Å². The third-order valence-electron chi connectivity index (χ3n) is 3.46. The highest BCUT2D eigenvalue weighted by Crippen LogP contribution is 2.32. The van der Waals surface area contributed by atoms with Crippen molar-refractivity contribution in [1.29, 1.82) is 0 Å². The fraction of sp³-hybridized carbons (Fsp3) is 0.118. The Kier molecular flexibility index (Phi) is 4.15. The Morgan fingerprint density at radius 1 is 1.08 bits per heavy atom. The van der Waals surface area contributed by atoms with Crippen molar-refractivity contribution in [3.8, 4) is 34.3 Å². The van der Waals surface area contributed by atoms with Crippen molar-refractivity contribution in [2.45, 2.75) is 0 Å². The number of aromatic carboxylic acids is 1. The molecule has 0 saturated heterocycles. The second-order valence-electron chi connectivity index (χ2n) is 4.84. The molecule has 0 bridgehead atoms. The highest BCUT2D eigenvalue weighted by molar-refractivity contribution is 5.94. The van der Waals surface area contributed by atoms with E-state index >= 15 is 0 Å². The van der Waals surface area contributed by atoms with E-state index in [1.165, 1.54) is 13.2 Å². The maximum atomic E-state index is 11.3. The van der Waals surface area contributed by atoms with Gasteiger partial charge < -0.3 is 19.1 Å². The molecule has 0 unspecified atom stereocenters. The number of nitrogens with zero attached hydrogens (tertiary/aromatic N) is 2. The lowest BCUT2D eigenvalue weighted by atomic mass is 10.1. The van der Waals surface area contributed by atoms with Crippen LogP contribution in [0.5, 0.6) is 11.5 Å². The van der Waals surface area contributed by atoms with E-state index in [4.69, 9.17) is 14.0 Å². The molecule has 7 heteroatoms. The van der Waals surface area contributed by atoms with Crippen LogP contribution in [0.3, 0.4) is 0 Å². The lowest BCUT2D eigenvalue weighted by Crippen LogP contribution is -1.99. The summed E-state index contributed by atoms with van der Waals surface area (Å²) in [6.07, 6.45) is 0. The fourth-order valence-electron chi connectivity index (χ4n) is 2.28. The normalized spacial score (nSPS) is 10.4. The highest BCUT2D eigenvalue weighted by atomic mass is 16.5. The number of carbonyl (C=O) groups is 1. The Balaban J connectivity index is 2.02. The van der Waals surface area contributed by atoms with Crippen LogP contribution in [-0.2, 0) is 0 Å². The van der Waals surface area contributed by atoms with Gasteiger partial charge in [0.15, 0.2) is 11.5 Å². The van der Waals surface area contributed by atoms with Gasteiger partial charge >= 0.3 is 5.97 Å². The number of carboxylic acids is 1. The third kappa shape index (κ3) is 2.79. The van der Waals surface area contributed by atoms with E-state index in [2.05, 4.69) is 10.1 Å². The Morgan fingerprint density at radius 3 is 2.54 bits per heavy atom. The third-order valence-corrected chi connectivity index (χ3v) is 3.46. The number of aromatic nitrogens is 2. The second-order valence-corrected chi connectivity index (χ2v) is 4.84. The molecule has 7 nitrogen and oxygen atoms in total. The first-order chi connectivity index (χ1) is 11.6. The van der Waals surface area contributed by atoms with E-state index in [-0.39, 0.29) is 11.5 Å². The SMILES string of the molecule is COc1ccc(-c2noc(-c3ccccc3C(=O)O)n2)cc1OC. The van der Waals surface area contributed by atoms with E-state index in [0.717, 1.165) is 0 Å². The minimum Gasteiger partial charge on any atom is -0.493 e. The monoisotopic (exact) mass is 326 g/mol. The van der Waals surface area contributed by atoms with Crippen molar-refractivity contribution in [2.75, 3.05) is 14.2 Å².